The Morgan fingerprint density at radius 3 is 2.70 bits per heavy atom. The number of aromatic amines is 1. The Bertz CT molecular complexity index is 924. The highest BCUT2D eigenvalue weighted by Crippen LogP contribution is 2.26. The lowest BCUT2D eigenvalue weighted by Crippen LogP contribution is -2.08. The van der Waals surface area contributed by atoms with Crippen molar-refractivity contribution in [2.45, 2.75) is 6.92 Å². The van der Waals surface area contributed by atoms with Crippen LogP contribution in [0.4, 0.5) is 11.4 Å². The van der Waals surface area contributed by atoms with Crippen LogP contribution in [0.15, 0.2) is 33.2 Å². The van der Waals surface area contributed by atoms with Gasteiger partial charge in [0.15, 0.2) is 5.69 Å². The van der Waals surface area contributed by atoms with Crippen molar-refractivity contribution >= 4 is 17.3 Å². The number of hydrogen-bond donors (Lipinski definition) is 3. The first-order chi connectivity index (χ1) is 10.8. The van der Waals surface area contributed by atoms with E-state index in [9.17, 15) is 19.8 Å². The molecule has 0 spiro atoms. The van der Waals surface area contributed by atoms with Gasteiger partial charge in [-0.2, -0.15) is 10.4 Å². The van der Waals surface area contributed by atoms with E-state index in [4.69, 9.17) is 10.4 Å². The van der Waals surface area contributed by atoms with Crippen molar-refractivity contribution in [2.75, 3.05) is 0 Å². The van der Waals surface area contributed by atoms with Crippen LogP contribution in [0, 0.1) is 18.3 Å². The number of nitriles is 1. The van der Waals surface area contributed by atoms with Crippen LogP contribution in [0.25, 0.3) is 0 Å². The summed E-state index contributed by atoms with van der Waals surface area (Å²) in [5.41, 5.74) is -1.43. The number of aromatic hydroxyl groups is 1. The average Bonchev–Trinajstić information content (AvgIpc) is 2.48. The second kappa shape index (κ2) is 5.98. The van der Waals surface area contributed by atoms with Gasteiger partial charge in [-0.1, -0.05) is 11.8 Å². The molecular formula is C14H9N4O5-. The van der Waals surface area contributed by atoms with Gasteiger partial charge < -0.3 is 15.3 Å². The lowest BCUT2D eigenvalue weighted by Gasteiger charge is -2.09. The number of azo groups is 1. The smallest absolute Gasteiger partial charge is 0.335 e. The molecule has 23 heavy (non-hydrogen) atoms. The number of carboxylic acids is 1. The highest BCUT2D eigenvalue weighted by Gasteiger charge is 2.13. The molecule has 2 rings (SSSR count). The van der Waals surface area contributed by atoms with E-state index >= 15 is 0 Å². The van der Waals surface area contributed by atoms with Gasteiger partial charge in [0.05, 0.1) is 11.3 Å². The molecule has 2 aromatic rings. The molecule has 1 heterocycles. The standard InChI is InChI=1S/C14H10N4O5/c1-6-9(5-15)12(20)16-13(21)11(6)18-17-7-2-3-10(19)8(4-7)14(22)23/h2-4,19H,1H3,(H,22,23)(H2,16,20,21)/p-1. The molecule has 0 unspecified atom stereocenters. The molecule has 0 saturated heterocycles. The molecule has 0 bridgehead atoms. The van der Waals surface area contributed by atoms with Crippen molar-refractivity contribution in [3.05, 3.63) is 45.2 Å². The van der Waals surface area contributed by atoms with Gasteiger partial charge >= 0.3 is 5.97 Å². The number of nitrogens with one attached hydrogen (secondary N) is 1. The van der Waals surface area contributed by atoms with Crippen LogP contribution in [0.3, 0.4) is 0 Å². The lowest BCUT2D eigenvalue weighted by atomic mass is 10.1. The monoisotopic (exact) mass is 313 g/mol. The largest absolute Gasteiger partial charge is 0.872 e. The fourth-order valence-electron chi connectivity index (χ4n) is 1.81. The van der Waals surface area contributed by atoms with E-state index in [1.807, 2.05) is 0 Å². The van der Waals surface area contributed by atoms with Gasteiger partial charge in [0, 0.05) is 5.56 Å². The summed E-state index contributed by atoms with van der Waals surface area (Å²) in [5.74, 6) is -2.66. The molecule has 0 atom stereocenters. The molecule has 9 heteroatoms. The van der Waals surface area contributed by atoms with Gasteiger partial charge in [-0.05, 0) is 19.1 Å². The van der Waals surface area contributed by atoms with Crippen molar-refractivity contribution in [1.29, 1.82) is 5.26 Å². The molecule has 0 aliphatic rings. The Labute approximate surface area is 128 Å². The fourth-order valence-corrected chi connectivity index (χ4v) is 1.81. The quantitative estimate of drug-likeness (QED) is 0.726. The molecular weight excluding hydrogens is 304 g/mol. The van der Waals surface area contributed by atoms with Crippen molar-refractivity contribution in [3.8, 4) is 17.7 Å². The topological polar surface area (TPSA) is 162 Å². The molecule has 0 aliphatic carbocycles. The number of rotatable bonds is 3. The zero-order valence-corrected chi connectivity index (χ0v) is 11.7. The maximum atomic E-state index is 11.8. The summed E-state index contributed by atoms with van der Waals surface area (Å²) in [7, 11) is 0. The number of benzene rings is 1. The van der Waals surface area contributed by atoms with Crippen LogP contribution < -0.4 is 10.7 Å². The van der Waals surface area contributed by atoms with Crippen LogP contribution in [0.1, 0.15) is 21.5 Å². The van der Waals surface area contributed by atoms with E-state index in [-0.39, 0.29) is 22.5 Å². The second-order valence-corrected chi connectivity index (χ2v) is 4.45. The van der Waals surface area contributed by atoms with Crippen molar-refractivity contribution in [2.24, 2.45) is 10.2 Å². The molecule has 0 saturated carbocycles. The Balaban J connectivity index is 2.50. The van der Waals surface area contributed by atoms with E-state index in [1.54, 1.807) is 6.07 Å². The van der Waals surface area contributed by atoms with E-state index < -0.39 is 28.7 Å². The summed E-state index contributed by atoms with van der Waals surface area (Å²) in [6, 6.07) is 5.00. The second-order valence-electron chi connectivity index (χ2n) is 4.45. The summed E-state index contributed by atoms with van der Waals surface area (Å²) in [6.45, 7) is 1.41. The predicted molar refractivity (Wildman–Crippen MR) is 75.2 cm³/mol. The van der Waals surface area contributed by atoms with Crippen LogP contribution in [-0.4, -0.2) is 21.2 Å². The minimum Gasteiger partial charge on any atom is -0.872 e. The summed E-state index contributed by atoms with van der Waals surface area (Å²) in [6.07, 6.45) is 0. The van der Waals surface area contributed by atoms with Gasteiger partial charge in [-0.25, -0.2) is 4.79 Å². The molecule has 0 amide bonds. The maximum Gasteiger partial charge on any atom is 0.335 e. The number of hydrogen-bond acceptors (Lipinski definition) is 7. The molecule has 0 radical (unpaired) electrons. The fraction of sp³-hybridized carbons (Fsp3) is 0.0714. The van der Waals surface area contributed by atoms with Gasteiger partial charge in [0.2, 0.25) is 5.88 Å². The summed E-state index contributed by atoms with van der Waals surface area (Å²) in [5, 5.41) is 46.0. The van der Waals surface area contributed by atoms with E-state index in [2.05, 4.69) is 15.2 Å². The number of aromatic nitrogens is 1. The highest BCUT2D eigenvalue weighted by atomic mass is 16.4. The van der Waals surface area contributed by atoms with Crippen molar-refractivity contribution < 1.29 is 20.1 Å². The summed E-state index contributed by atoms with van der Waals surface area (Å²) >= 11 is 0. The number of pyridine rings is 1. The number of carbonyl (C=O) groups is 1. The minimum absolute atomic E-state index is 0.0485. The Morgan fingerprint density at radius 1 is 1.39 bits per heavy atom. The molecule has 9 nitrogen and oxygen atoms in total. The zero-order chi connectivity index (χ0) is 17.1. The maximum absolute atomic E-state index is 11.8. The summed E-state index contributed by atoms with van der Waals surface area (Å²) in [4.78, 5) is 24.7. The van der Waals surface area contributed by atoms with Crippen LogP contribution in [0.5, 0.6) is 11.6 Å². The molecule has 3 N–H and O–H groups in total. The molecule has 116 valence electrons. The number of aromatic carboxylic acids is 1. The first-order valence-corrected chi connectivity index (χ1v) is 6.17. The Hall–Kier alpha value is -3.67. The summed E-state index contributed by atoms with van der Waals surface area (Å²) < 4.78 is 0. The van der Waals surface area contributed by atoms with Gasteiger partial charge in [0.25, 0.3) is 5.56 Å². The molecule has 0 fully saturated rings. The van der Waals surface area contributed by atoms with E-state index in [0.29, 0.717) is 0 Å². The number of H-pyrrole nitrogens is 1. The number of nitrogens with zero attached hydrogens (tertiary/aromatic N) is 3. The Kier molecular flexibility index (Phi) is 4.09. The third-order valence-corrected chi connectivity index (χ3v) is 2.98. The lowest BCUT2D eigenvalue weighted by molar-refractivity contribution is -0.268. The van der Waals surface area contributed by atoms with Gasteiger partial charge in [-0.3, -0.25) is 9.78 Å². The van der Waals surface area contributed by atoms with Crippen LogP contribution in [0.2, 0.25) is 0 Å². The highest BCUT2D eigenvalue weighted by molar-refractivity contribution is 5.91. The average molecular weight is 313 g/mol. The third-order valence-electron chi connectivity index (χ3n) is 2.98. The van der Waals surface area contributed by atoms with E-state index in [1.165, 1.54) is 13.0 Å². The van der Waals surface area contributed by atoms with Crippen molar-refractivity contribution in [3.63, 3.8) is 0 Å². The SMILES string of the molecule is Cc1c(C#N)c(O)[nH]c(=O)c1N=Nc1ccc([O-])c(C(=O)O)c1. The molecule has 1 aromatic heterocycles. The molecule has 0 aliphatic heterocycles. The Morgan fingerprint density at radius 2 is 2.09 bits per heavy atom. The predicted octanol–water partition coefficient (Wildman–Crippen LogP) is 1.45. The van der Waals surface area contributed by atoms with Crippen molar-refractivity contribution in [1.82, 2.24) is 4.98 Å². The minimum atomic E-state index is -1.41. The molecule has 1 aromatic carbocycles. The normalized spacial score (nSPS) is 10.6. The van der Waals surface area contributed by atoms with Gasteiger partial charge in [-0.15, -0.1) is 5.11 Å². The number of carboxylic acid groups (broad SMARTS) is 1. The van der Waals surface area contributed by atoms with Gasteiger partial charge in [0.1, 0.15) is 11.6 Å². The first kappa shape index (κ1) is 15.7. The third kappa shape index (κ3) is 3.01. The van der Waals surface area contributed by atoms with E-state index in [0.717, 1.165) is 12.1 Å². The zero-order valence-electron chi connectivity index (χ0n) is 11.7. The first-order valence-electron chi connectivity index (χ1n) is 6.17. The van der Waals surface area contributed by atoms with Crippen LogP contribution >= 0.6 is 0 Å². The van der Waals surface area contributed by atoms with Crippen LogP contribution in [-0.2, 0) is 0 Å².